The van der Waals surface area contributed by atoms with Crippen LogP contribution in [0.3, 0.4) is 0 Å². The highest BCUT2D eigenvalue weighted by Gasteiger charge is 2.19. The van der Waals surface area contributed by atoms with Gasteiger partial charge in [0.2, 0.25) is 0 Å². The second kappa shape index (κ2) is 7.12. The molecule has 26 heavy (non-hydrogen) atoms. The van der Waals surface area contributed by atoms with Gasteiger partial charge in [-0.2, -0.15) is 5.10 Å². The van der Waals surface area contributed by atoms with Crippen molar-refractivity contribution in [1.82, 2.24) is 10.2 Å². The quantitative estimate of drug-likeness (QED) is 0.732. The molecule has 3 aromatic rings. The number of aromatic nitrogens is 2. The molecule has 0 unspecified atom stereocenters. The lowest BCUT2D eigenvalue weighted by molar-refractivity contribution is 0.102. The van der Waals surface area contributed by atoms with Crippen molar-refractivity contribution in [3.63, 3.8) is 0 Å². The van der Waals surface area contributed by atoms with Gasteiger partial charge < -0.3 is 5.32 Å². The Kier molecular flexibility index (Phi) is 4.89. The number of aromatic amines is 1. The highest BCUT2D eigenvalue weighted by Crippen LogP contribution is 2.32. The zero-order chi connectivity index (χ0) is 18.8. The van der Waals surface area contributed by atoms with E-state index < -0.39 is 0 Å². The Morgan fingerprint density at radius 3 is 2.08 bits per heavy atom. The van der Waals surface area contributed by atoms with Gasteiger partial charge in [0.15, 0.2) is 5.69 Å². The highest BCUT2D eigenvalue weighted by atomic mass is 16.2. The minimum absolute atomic E-state index is 0.216. The average molecular weight is 349 g/mol. The zero-order valence-electron chi connectivity index (χ0n) is 15.5. The Bertz CT molecular complexity index is 993. The molecule has 0 bridgehead atoms. The summed E-state index contributed by atoms with van der Waals surface area (Å²) in [6.45, 7) is 8.40. The Balaban J connectivity index is 2.10. The Labute approximate surface area is 152 Å². The topological polar surface area (TPSA) is 74.8 Å². The van der Waals surface area contributed by atoms with Crippen molar-refractivity contribution in [2.75, 3.05) is 5.32 Å². The molecule has 2 aromatic carbocycles. The molecule has 2 N–H and O–H groups in total. The molecule has 3 rings (SSSR count). The van der Waals surface area contributed by atoms with E-state index in [9.17, 15) is 9.59 Å². The first-order valence-corrected chi connectivity index (χ1v) is 8.81. The molecule has 0 spiro atoms. The molecule has 0 aliphatic heterocycles. The molecule has 1 amide bonds. The number of anilines is 1. The van der Waals surface area contributed by atoms with Crippen LogP contribution in [0.2, 0.25) is 0 Å². The molecule has 0 saturated carbocycles. The fourth-order valence-corrected chi connectivity index (χ4v) is 3.16. The first-order valence-electron chi connectivity index (χ1n) is 8.81. The van der Waals surface area contributed by atoms with Crippen LogP contribution in [-0.4, -0.2) is 16.1 Å². The normalized spacial score (nSPS) is 11.3. The molecule has 134 valence electrons. The smallest absolute Gasteiger partial charge is 0.276 e. The molecule has 0 radical (unpaired) electrons. The number of para-hydroxylation sites is 1. The Morgan fingerprint density at radius 1 is 0.923 bits per heavy atom. The van der Waals surface area contributed by atoms with E-state index in [4.69, 9.17) is 0 Å². The predicted octanol–water partition coefficient (Wildman–Crippen LogP) is 4.42. The largest absolute Gasteiger partial charge is 0.320 e. The number of rotatable bonds is 4. The van der Waals surface area contributed by atoms with E-state index in [-0.39, 0.29) is 29.0 Å². The fraction of sp³-hybridized carbons (Fsp3) is 0.286. The second-order valence-electron chi connectivity index (χ2n) is 7.02. The van der Waals surface area contributed by atoms with E-state index in [1.807, 2.05) is 18.2 Å². The number of amides is 1. The van der Waals surface area contributed by atoms with Crippen LogP contribution in [0.15, 0.2) is 47.3 Å². The molecule has 1 heterocycles. The number of carbonyl (C=O) groups excluding carboxylic acids is 1. The summed E-state index contributed by atoms with van der Waals surface area (Å²) in [7, 11) is 0. The molecule has 0 saturated heterocycles. The van der Waals surface area contributed by atoms with Crippen molar-refractivity contribution in [3.8, 4) is 0 Å². The standard InChI is InChI=1S/C21H23N3O2/c1-12(2)14-10-7-11-15(13(3)4)18(14)22-21(26)19-16-8-5-6-9-17(16)20(25)24-23-19/h5-13H,1-4H3,(H,22,26)(H,24,25). The van der Waals surface area contributed by atoms with Crippen molar-refractivity contribution in [1.29, 1.82) is 0 Å². The summed E-state index contributed by atoms with van der Waals surface area (Å²) in [4.78, 5) is 24.9. The maximum atomic E-state index is 13.0. The molecule has 0 fully saturated rings. The first-order chi connectivity index (χ1) is 12.4. The highest BCUT2D eigenvalue weighted by molar-refractivity contribution is 6.11. The first kappa shape index (κ1) is 17.9. The number of benzene rings is 2. The van der Waals surface area contributed by atoms with Crippen molar-refractivity contribution in [2.24, 2.45) is 0 Å². The molecular weight excluding hydrogens is 326 g/mol. The lowest BCUT2D eigenvalue weighted by Gasteiger charge is -2.20. The van der Waals surface area contributed by atoms with Crippen molar-refractivity contribution >= 4 is 22.4 Å². The van der Waals surface area contributed by atoms with Gasteiger partial charge in [0.05, 0.1) is 5.39 Å². The van der Waals surface area contributed by atoms with Crippen LogP contribution in [-0.2, 0) is 0 Å². The summed E-state index contributed by atoms with van der Waals surface area (Å²) in [6, 6.07) is 13.1. The van der Waals surface area contributed by atoms with E-state index in [1.54, 1.807) is 24.3 Å². The molecule has 5 heteroatoms. The summed E-state index contributed by atoms with van der Waals surface area (Å²) in [5, 5.41) is 10.5. The van der Waals surface area contributed by atoms with Gasteiger partial charge in [0.25, 0.3) is 11.5 Å². The second-order valence-corrected chi connectivity index (χ2v) is 7.02. The molecule has 0 atom stereocenters. The van der Waals surface area contributed by atoms with Gasteiger partial charge in [-0.1, -0.05) is 64.1 Å². The van der Waals surface area contributed by atoms with Crippen LogP contribution in [0.1, 0.15) is 61.1 Å². The number of hydrogen-bond donors (Lipinski definition) is 2. The molecular formula is C21H23N3O2. The van der Waals surface area contributed by atoms with Gasteiger partial charge in [0, 0.05) is 11.1 Å². The minimum Gasteiger partial charge on any atom is -0.320 e. The van der Waals surface area contributed by atoms with Gasteiger partial charge in [0.1, 0.15) is 0 Å². The van der Waals surface area contributed by atoms with Crippen LogP contribution >= 0.6 is 0 Å². The van der Waals surface area contributed by atoms with Crippen molar-refractivity contribution in [3.05, 3.63) is 69.6 Å². The fourth-order valence-electron chi connectivity index (χ4n) is 3.16. The van der Waals surface area contributed by atoms with Crippen LogP contribution < -0.4 is 10.9 Å². The summed E-state index contributed by atoms with van der Waals surface area (Å²) in [5.41, 5.74) is 2.91. The van der Waals surface area contributed by atoms with E-state index >= 15 is 0 Å². The maximum absolute atomic E-state index is 13.0. The van der Waals surface area contributed by atoms with Crippen molar-refractivity contribution < 1.29 is 4.79 Å². The van der Waals surface area contributed by atoms with E-state index in [0.29, 0.717) is 10.8 Å². The van der Waals surface area contributed by atoms with E-state index in [2.05, 4.69) is 43.2 Å². The summed E-state index contributed by atoms with van der Waals surface area (Å²) < 4.78 is 0. The van der Waals surface area contributed by atoms with E-state index in [1.165, 1.54) is 0 Å². The van der Waals surface area contributed by atoms with Crippen LogP contribution in [0.4, 0.5) is 5.69 Å². The summed E-state index contributed by atoms with van der Waals surface area (Å²) >= 11 is 0. The monoisotopic (exact) mass is 349 g/mol. The zero-order valence-corrected chi connectivity index (χ0v) is 15.5. The summed E-state index contributed by atoms with van der Waals surface area (Å²) in [5.74, 6) is 0.209. The molecule has 0 aliphatic carbocycles. The van der Waals surface area contributed by atoms with Gasteiger partial charge in [-0.05, 0) is 29.0 Å². The number of nitrogens with one attached hydrogen (secondary N) is 2. The number of carbonyl (C=O) groups is 1. The minimum atomic E-state index is -0.326. The van der Waals surface area contributed by atoms with Crippen molar-refractivity contribution in [2.45, 2.75) is 39.5 Å². The maximum Gasteiger partial charge on any atom is 0.276 e. The molecule has 0 aliphatic rings. The van der Waals surface area contributed by atoms with Gasteiger partial charge in [-0.25, -0.2) is 5.10 Å². The van der Waals surface area contributed by atoms with Crippen LogP contribution in [0, 0.1) is 0 Å². The summed E-state index contributed by atoms with van der Waals surface area (Å²) in [6.07, 6.45) is 0. The lowest BCUT2D eigenvalue weighted by atomic mass is 9.92. The predicted molar refractivity (Wildman–Crippen MR) is 105 cm³/mol. The number of hydrogen-bond acceptors (Lipinski definition) is 3. The number of nitrogens with zero attached hydrogens (tertiary/aromatic N) is 1. The van der Waals surface area contributed by atoms with Crippen LogP contribution in [0.25, 0.3) is 10.8 Å². The number of H-pyrrole nitrogens is 1. The average Bonchev–Trinajstić information content (AvgIpc) is 2.62. The third kappa shape index (κ3) is 3.25. The SMILES string of the molecule is CC(C)c1cccc(C(C)C)c1NC(=O)c1n[nH]c(=O)c2ccccc12. The Morgan fingerprint density at radius 2 is 1.50 bits per heavy atom. The lowest BCUT2D eigenvalue weighted by Crippen LogP contribution is -2.21. The Hall–Kier alpha value is -2.95. The third-order valence-electron chi connectivity index (χ3n) is 4.52. The third-order valence-corrected chi connectivity index (χ3v) is 4.52. The van der Waals surface area contributed by atoms with Gasteiger partial charge >= 0.3 is 0 Å². The molecule has 1 aromatic heterocycles. The van der Waals surface area contributed by atoms with Gasteiger partial charge in [-0.15, -0.1) is 0 Å². The number of fused-ring (bicyclic) bond motifs is 1. The van der Waals surface area contributed by atoms with Crippen LogP contribution in [0.5, 0.6) is 0 Å². The van der Waals surface area contributed by atoms with E-state index in [0.717, 1.165) is 16.8 Å². The molecule has 5 nitrogen and oxygen atoms in total. The van der Waals surface area contributed by atoms with Gasteiger partial charge in [-0.3, -0.25) is 9.59 Å².